The molecule has 2 aromatic rings. The van der Waals surface area contributed by atoms with Gasteiger partial charge in [0.1, 0.15) is 12.7 Å². The minimum absolute atomic E-state index is 0.617. The van der Waals surface area contributed by atoms with Crippen LogP contribution in [-0.4, -0.2) is 20.8 Å². The van der Waals surface area contributed by atoms with Crippen molar-refractivity contribution in [1.82, 2.24) is 14.8 Å². The lowest BCUT2D eigenvalue weighted by Crippen LogP contribution is -2.20. The van der Waals surface area contributed by atoms with Crippen molar-refractivity contribution in [3.63, 3.8) is 0 Å². The first-order valence-electron chi connectivity index (χ1n) is 7.63. The summed E-state index contributed by atoms with van der Waals surface area (Å²) in [4.78, 5) is 0. The van der Waals surface area contributed by atoms with Gasteiger partial charge in [-0.2, -0.15) is 0 Å². The Bertz CT molecular complexity index is 513. The quantitative estimate of drug-likeness (QED) is 0.922. The van der Waals surface area contributed by atoms with E-state index in [1.54, 1.807) is 12.7 Å². The SMILES string of the molecule is c1cc(NC2CCCCCCC2)cc(-n2cnnc2)c1. The Morgan fingerprint density at radius 1 is 0.950 bits per heavy atom. The molecule has 1 fully saturated rings. The van der Waals surface area contributed by atoms with E-state index in [9.17, 15) is 0 Å². The molecule has 4 nitrogen and oxygen atoms in total. The van der Waals surface area contributed by atoms with E-state index in [-0.39, 0.29) is 0 Å². The molecule has 20 heavy (non-hydrogen) atoms. The molecule has 1 aliphatic rings. The van der Waals surface area contributed by atoms with Gasteiger partial charge >= 0.3 is 0 Å². The number of nitrogens with zero attached hydrogens (tertiary/aromatic N) is 3. The second kappa shape index (κ2) is 6.55. The largest absolute Gasteiger partial charge is 0.382 e. The van der Waals surface area contributed by atoms with Crippen molar-refractivity contribution < 1.29 is 0 Å². The number of rotatable bonds is 3. The highest BCUT2D eigenvalue weighted by Gasteiger charge is 2.11. The summed E-state index contributed by atoms with van der Waals surface area (Å²) < 4.78 is 1.93. The summed E-state index contributed by atoms with van der Waals surface area (Å²) in [5, 5.41) is 11.4. The highest BCUT2D eigenvalue weighted by Crippen LogP contribution is 2.22. The van der Waals surface area contributed by atoms with Crippen LogP contribution in [-0.2, 0) is 0 Å². The Kier molecular flexibility index (Phi) is 4.31. The van der Waals surface area contributed by atoms with Crippen LogP contribution in [0.25, 0.3) is 5.69 Å². The second-order valence-corrected chi connectivity index (χ2v) is 5.61. The average Bonchev–Trinajstić information content (AvgIpc) is 2.96. The van der Waals surface area contributed by atoms with Crippen LogP contribution in [0.15, 0.2) is 36.9 Å². The van der Waals surface area contributed by atoms with Gasteiger partial charge in [-0.3, -0.25) is 4.57 Å². The molecule has 0 atom stereocenters. The fourth-order valence-corrected chi connectivity index (χ4v) is 2.93. The van der Waals surface area contributed by atoms with Gasteiger partial charge in [0.05, 0.1) is 5.69 Å². The molecule has 1 aliphatic carbocycles. The van der Waals surface area contributed by atoms with Gasteiger partial charge in [0.15, 0.2) is 0 Å². The van der Waals surface area contributed by atoms with Crippen LogP contribution in [0.4, 0.5) is 5.69 Å². The van der Waals surface area contributed by atoms with Gasteiger partial charge in [-0.15, -0.1) is 10.2 Å². The Morgan fingerprint density at radius 2 is 1.65 bits per heavy atom. The molecule has 1 N–H and O–H groups in total. The van der Waals surface area contributed by atoms with Crippen LogP contribution in [0.1, 0.15) is 44.9 Å². The Morgan fingerprint density at radius 3 is 2.40 bits per heavy atom. The van der Waals surface area contributed by atoms with E-state index in [0.29, 0.717) is 6.04 Å². The van der Waals surface area contributed by atoms with Crippen molar-refractivity contribution in [1.29, 1.82) is 0 Å². The van der Waals surface area contributed by atoms with E-state index in [1.807, 2.05) is 4.57 Å². The maximum atomic E-state index is 3.86. The van der Waals surface area contributed by atoms with Crippen LogP contribution in [0.5, 0.6) is 0 Å². The second-order valence-electron chi connectivity index (χ2n) is 5.61. The predicted molar refractivity (Wildman–Crippen MR) is 81.1 cm³/mol. The van der Waals surface area contributed by atoms with Crippen molar-refractivity contribution in [3.8, 4) is 5.69 Å². The summed E-state index contributed by atoms with van der Waals surface area (Å²) in [5.74, 6) is 0. The molecule has 0 aliphatic heterocycles. The summed E-state index contributed by atoms with van der Waals surface area (Å²) in [6.07, 6.45) is 12.9. The fraction of sp³-hybridized carbons (Fsp3) is 0.500. The van der Waals surface area contributed by atoms with Crippen molar-refractivity contribution in [3.05, 3.63) is 36.9 Å². The molecule has 1 saturated carbocycles. The van der Waals surface area contributed by atoms with Crippen molar-refractivity contribution in [2.75, 3.05) is 5.32 Å². The highest BCUT2D eigenvalue weighted by molar-refractivity contribution is 5.51. The number of nitrogens with one attached hydrogen (secondary N) is 1. The zero-order valence-corrected chi connectivity index (χ0v) is 11.8. The number of hydrogen-bond donors (Lipinski definition) is 1. The monoisotopic (exact) mass is 270 g/mol. The highest BCUT2D eigenvalue weighted by atomic mass is 15.2. The molecule has 1 aromatic heterocycles. The van der Waals surface area contributed by atoms with E-state index >= 15 is 0 Å². The lowest BCUT2D eigenvalue weighted by molar-refractivity contribution is 0.471. The zero-order chi connectivity index (χ0) is 13.6. The normalized spacial score (nSPS) is 17.4. The topological polar surface area (TPSA) is 42.7 Å². The zero-order valence-electron chi connectivity index (χ0n) is 11.8. The molecule has 0 amide bonds. The molecule has 4 heteroatoms. The number of benzene rings is 1. The van der Waals surface area contributed by atoms with Crippen LogP contribution in [0, 0.1) is 0 Å². The van der Waals surface area contributed by atoms with Gasteiger partial charge in [0.25, 0.3) is 0 Å². The summed E-state index contributed by atoms with van der Waals surface area (Å²) >= 11 is 0. The molecule has 0 unspecified atom stereocenters. The van der Waals surface area contributed by atoms with Crippen molar-refractivity contribution in [2.45, 2.75) is 51.0 Å². The lowest BCUT2D eigenvalue weighted by atomic mass is 9.96. The van der Waals surface area contributed by atoms with E-state index in [2.05, 4.69) is 39.8 Å². The van der Waals surface area contributed by atoms with E-state index in [1.165, 1.54) is 50.6 Å². The average molecular weight is 270 g/mol. The Balaban J connectivity index is 1.69. The van der Waals surface area contributed by atoms with Gasteiger partial charge in [-0.25, -0.2) is 0 Å². The molecular formula is C16H22N4. The van der Waals surface area contributed by atoms with Crippen molar-refractivity contribution >= 4 is 5.69 Å². The van der Waals surface area contributed by atoms with Crippen molar-refractivity contribution in [2.24, 2.45) is 0 Å². The maximum absolute atomic E-state index is 3.86. The third-order valence-corrected chi connectivity index (χ3v) is 4.04. The minimum Gasteiger partial charge on any atom is -0.382 e. The molecule has 106 valence electrons. The molecule has 0 bridgehead atoms. The van der Waals surface area contributed by atoms with Crippen LogP contribution >= 0.6 is 0 Å². The molecule has 0 saturated heterocycles. The van der Waals surface area contributed by atoms with E-state index < -0.39 is 0 Å². The minimum atomic E-state index is 0.617. The summed E-state index contributed by atoms with van der Waals surface area (Å²) in [5.41, 5.74) is 2.30. The number of aromatic nitrogens is 3. The Labute approximate surface area is 120 Å². The third-order valence-electron chi connectivity index (χ3n) is 4.04. The van der Waals surface area contributed by atoms with Crippen LogP contribution in [0.2, 0.25) is 0 Å². The van der Waals surface area contributed by atoms with Gasteiger partial charge < -0.3 is 5.32 Å². The van der Waals surface area contributed by atoms with Gasteiger partial charge in [0.2, 0.25) is 0 Å². The predicted octanol–water partition coefficient (Wildman–Crippen LogP) is 3.79. The Hall–Kier alpha value is -1.84. The van der Waals surface area contributed by atoms with E-state index in [4.69, 9.17) is 0 Å². The van der Waals surface area contributed by atoms with Gasteiger partial charge in [0, 0.05) is 11.7 Å². The molecule has 0 spiro atoms. The lowest BCUT2D eigenvalue weighted by Gasteiger charge is -2.22. The molecular weight excluding hydrogens is 248 g/mol. The molecule has 1 heterocycles. The molecule has 0 radical (unpaired) electrons. The van der Waals surface area contributed by atoms with Gasteiger partial charge in [-0.05, 0) is 31.0 Å². The number of hydrogen-bond acceptors (Lipinski definition) is 3. The van der Waals surface area contributed by atoms with E-state index in [0.717, 1.165) is 5.69 Å². The third kappa shape index (κ3) is 3.38. The summed E-state index contributed by atoms with van der Waals surface area (Å²) in [6.45, 7) is 0. The molecule has 1 aromatic carbocycles. The smallest absolute Gasteiger partial charge is 0.123 e. The standard InChI is InChI=1S/C16H22N4/c1-2-4-7-14(8-5-3-1)19-15-9-6-10-16(11-15)20-12-17-18-13-20/h6,9-14,19H,1-5,7-8H2. The van der Waals surface area contributed by atoms with Crippen LogP contribution in [0.3, 0.4) is 0 Å². The first-order chi connectivity index (χ1) is 9.92. The van der Waals surface area contributed by atoms with Gasteiger partial charge in [-0.1, -0.05) is 38.2 Å². The first-order valence-corrected chi connectivity index (χ1v) is 7.63. The first kappa shape index (κ1) is 13.2. The van der Waals surface area contributed by atoms with Crippen LogP contribution < -0.4 is 5.32 Å². The maximum Gasteiger partial charge on any atom is 0.123 e. The summed E-state index contributed by atoms with van der Waals surface area (Å²) in [6, 6.07) is 9.09. The summed E-state index contributed by atoms with van der Waals surface area (Å²) in [7, 11) is 0. The fourth-order valence-electron chi connectivity index (χ4n) is 2.93. The number of anilines is 1. The molecule has 3 rings (SSSR count).